The number of furan rings is 1. The number of rotatable bonds is 3. The van der Waals surface area contributed by atoms with E-state index < -0.39 is 0 Å². The third-order valence-electron chi connectivity index (χ3n) is 5.13. The second-order valence-electron chi connectivity index (χ2n) is 8.47. The average molecular weight is 400 g/mol. The molecule has 1 amide bonds. The van der Waals surface area contributed by atoms with Crippen molar-refractivity contribution in [3.05, 3.63) is 76.9 Å². The molecule has 30 heavy (non-hydrogen) atoms. The van der Waals surface area contributed by atoms with Crippen molar-refractivity contribution in [1.29, 1.82) is 0 Å². The van der Waals surface area contributed by atoms with E-state index in [0.29, 0.717) is 5.56 Å². The summed E-state index contributed by atoms with van der Waals surface area (Å²) in [5.41, 5.74) is 5.71. The molecule has 0 saturated heterocycles. The lowest BCUT2D eigenvalue weighted by Crippen LogP contribution is -2.13. The lowest BCUT2D eigenvalue weighted by Gasteiger charge is -2.20. The quantitative estimate of drug-likeness (QED) is 0.462. The second kappa shape index (κ2) is 7.34. The molecular weight excluding hydrogens is 376 g/mol. The largest absolute Gasteiger partial charge is 0.463 e. The van der Waals surface area contributed by atoms with E-state index in [1.54, 1.807) is 12.5 Å². The van der Waals surface area contributed by atoms with Crippen LogP contribution in [-0.2, 0) is 10.2 Å². The van der Waals surface area contributed by atoms with E-state index in [-0.39, 0.29) is 16.9 Å². The number of hydrogen-bond donors (Lipinski definition) is 2. The summed E-state index contributed by atoms with van der Waals surface area (Å²) in [5.74, 6) is -0.107. The van der Waals surface area contributed by atoms with E-state index in [1.807, 2.05) is 48.5 Å². The molecule has 0 spiro atoms. The third kappa shape index (κ3) is 3.66. The minimum atomic E-state index is -0.166. The van der Waals surface area contributed by atoms with Crippen LogP contribution in [0, 0.1) is 0 Å². The molecule has 4 rings (SSSR count). The lowest BCUT2D eigenvalue weighted by molar-refractivity contribution is -0.114. The first-order valence-corrected chi connectivity index (χ1v) is 9.86. The molecule has 5 heteroatoms. The Hall–Kier alpha value is -3.60. The fraction of sp³-hybridized carbons (Fsp3) is 0.200. The number of hydrogen-bond acceptors (Lipinski definition) is 3. The Bertz CT molecular complexity index is 1290. The van der Waals surface area contributed by atoms with Gasteiger partial charge in [0.15, 0.2) is 0 Å². The van der Waals surface area contributed by atoms with E-state index in [0.717, 1.165) is 38.9 Å². The zero-order chi connectivity index (χ0) is 21.5. The van der Waals surface area contributed by atoms with E-state index in [9.17, 15) is 9.59 Å². The first-order chi connectivity index (χ1) is 14.2. The molecule has 2 aromatic heterocycles. The molecule has 2 heterocycles. The Kier molecular flexibility index (Phi) is 4.82. The van der Waals surface area contributed by atoms with Gasteiger partial charge in [-0.1, -0.05) is 32.9 Å². The van der Waals surface area contributed by atoms with Crippen LogP contribution in [0.1, 0.15) is 33.3 Å². The Morgan fingerprint density at radius 3 is 2.37 bits per heavy atom. The van der Waals surface area contributed by atoms with E-state index in [2.05, 4.69) is 31.1 Å². The smallest absolute Gasteiger partial charge is 0.255 e. The zero-order valence-corrected chi connectivity index (χ0v) is 17.5. The van der Waals surface area contributed by atoms with Crippen molar-refractivity contribution < 1.29 is 9.21 Å². The van der Waals surface area contributed by atoms with Gasteiger partial charge in [0.1, 0.15) is 5.58 Å². The Morgan fingerprint density at radius 2 is 1.73 bits per heavy atom. The maximum absolute atomic E-state index is 12.4. The number of pyridine rings is 1. The average Bonchev–Trinajstić information content (AvgIpc) is 3.11. The number of carbonyl (C=O) groups is 1. The zero-order valence-electron chi connectivity index (χ0n) is 17.5. The van der Waals surface area contributed by atoms with Crippen LogP contribution in [0.3, 0.4) is 0 Å². The van der Waals surface area contributed by atoms with Crippen molar-refractivity contribution in [3.8, 4) is 22.3 Å². The molecule has 0 unspecified atom stereocenters. The summed E-state index contributed by atoms with van der Waals surface area (Å²) in [4.78, 5) is 26.5. The van der Waals surface area contributed by atoms with E-state index >= 15 is 0 Å². The minimum Gasteiger partial charge on any atom is -0.463 e. The van der Waals surface area contributed by atoms with Crippen molar-refractivity contribution in [2.24, 2.45) is 0 Å². The molecular formula is C25H24N2O3. The number of aromatic nitrogens is 1. The SMILES string of the molecule is CC(=O)Nc1ccc(-c2coc3c(C(C)(C)C)cc(-c4ccc[nH]c4=O)cc23)cc1. The molecule has 0 aliphatic carbocycles. The molecule has 2 aromatic carbocycles. The Labute approximate surface area is 174 Å². The minimum absolute atomic E-state index is 0.107. The van der Waals surface area contributed by atoms with Gasteiger partial charge in [0.05, 0.1) is 6.26 Å². The molecule has 0 aliphatic rings. The topological polar surface area (TPSA) is 75.1 Å². The first-order valence-electron chi connectivity index (χ1n) is 9.86. The van der Waals surface area contributed by atoms with Gasteiger partial charge in [-0.2, -0.15) is 0 Å². The third-order valence-corrected chi connectivity index (χ3v) is 5.13. The molecule has 2 N–H and O–H groups in total. The van der Waals surface area contributed by atoms with Gasteiger partial charge in [-0.3, -0.25) is 9.59 Å². The lowest BCUT2D eigenvalue weighted by atomic mass is 9.83. The standard InChI is InChI=1S/C25H24N2O3/c1-15(28)27-18-9-7-16(8-10-18)21-14-30-23-20(21)12-17(13-22(23)25(2,3)4)19-6-5-11-26-24(19)29/h5-14H,1-4H3,(H,26,29)(H,27,28). The van der Waals surface area contributed by atoms with Crippen LogP contribution in [0.25, 0.3) is 33.2 Å². The maximum Gasteiger partial charge on any atom is 0.255 e. The van der Waals surface area contributed by atoms with Gasteiger partial charge in [0.2, 0.25) is 5.91 Å². The summed E-state index contributed by atoms with van der Waals surface area (Å²) in [6.45, 7) is 7.87. The number of benzene rings is 2. The predicted molar refractivity (Wildman–Crippen MR) is 121 cm³/mol. The highest BCUT2D eigenvalue weighted by atomic mass is 16.3. The van der Waals surface area contributed by atoms with E-state index in [4.69, 9.17) is 4.42 Å². The van der Waals surface area contributed by atoms with Gasteiger partial charge >= 0.3 is 0 Å². The Morgan fingerprint density at radius 1 is 1.00 bits per heavy atom. The van der Waals surface area contributed by atoms with Crippen LogP contribution in [0.2, 0.25) is 0 Å². The van der Waals surface area contributed by atoms with Crippen molar-refractivity contribution >= 4 is 22.6 Å². The van der Waals surface area contributed by atoms with E-state index in [1.165, 1.54) is 6.92 Å². The van der Waals surface area contributed by atoms with Crippen molar-refractivity contribution in [1.82, 2.24) is 4.98 Å². The molecule has 5 nitrogen and oxygen atoms in total. The Balaban J connectivity index is 1.93. The van der Waals surface area contributed by atoms with Crippen molar-refractivity contribution in [2.45, 2.75) is 33.1 Å². The van der Waals surface area contributed by atoms with Crippen LogP contribution < -0.4 is 10.9 Å². The van der Waals surface area contributed by atoms with Crippen LogP contribution in [0.5, 0.6) is 0 Å². The molecule has 0 bridgehead atoms. The van der Waals surface area contributed by atoms with Crippen molar-refractivity contribution in [2.75, 3.05) is 5.32 Å². The van der Waals surface area contributed by atoms with Gasteiger partial charge in [0.25, 0.3) is 5.56 Å². The monoisotopic (exact) mass is 400 g/mol. The van der Waals surface area contributed by atoms with Crippen molar-refractivity contribution in [3.63, 3.8) is 0 Å². The number of aromatic amines is 1. The number of nitrogens with one attached hydrogen (secondary N) is 2. The predicted octanol–water partition coefficient (Wildman–Crippen LogP) is 5.71. The van der Waals surface area contributed by atoms with Gasteiger partial charge in [-0.15, -0.1) is 0 Å². The number of H-pyrrole nitrogens is 1. The summed E-state index contributed by atoms with van der Waals surface area (Å²) >= 11 is 0. The normalized spacial score (nSPS) is 11.6. The highest BCUT2D eigenvalue weighted by Crippen LogP contribution is 2.39. The fourth-order valence-corrected chi connectivity index (χ4v) is 3.66. The summed E-state index contributed by atoms with van der Waals surface area (Å²) in [7, 11) is 0. The summed E-state index contributed by atoms with van der Waals surface area (Å²) in [6.07, 6.45) is 3.39. The summed E-state index contributed by atoms with van der Waals surface area (Å²) < 4.78 is 6.02. The molecule has 0 radical (unpaired) electrons. The highest BCUT2D eigenvalue weighted by molar-refractivity contribution is 5.99. The van der Waals surface area contributed by atoms with Gasteiger partial charge in [-0.25, -0.2) is 0 Å². The van der Waals surface area contributed by atoms with Gasteiger partial charge in [0, 0.05) is 40.9 Å². The highest BCUT2D eigenvalue weighted by Gasteiger charge is 2.23. The maximum atomic E-state index is 12.4. The summed E-state index contributed by atoms with van der Waals surface area (Å²) in [6, 6.07) is 15.3. The molecule has 152 valence electrons. The number of fused-ring (bicyclic) bond motifs is 1. The molecule has 0 fully saturated rings. The molecule has 0 saturated carbocycles. The van der Waals surface area contributed by atoms with Crippen LogP contribution in [0.4, 0.5) is 5.69 Å². The number of anilines is 1. The van der Waals surface area contributed by atoms with Crippen LogP contribution in [0.15, 0.2) is 70.2 Å². The number of amides is 1. The second-order valence-corrected chi connectivity index (χ2v) is 8.47. The fourth-order valence-electron chi connectivity index (χ4n) is 3.66. The molecule has 4 aromatic rings. The van der Waals surface area contributed by atoms with Crippen LogP contribution >= 0.6 is 0 Å². The molecule has 0 atom stereocenters. The first kappa shape index (κ1) is 19.7. The van der Waals surface area contributed by atoms with Gasteiger partial charge in [-0.05, 0) is 52.9 Å². The van der Waals surface area contributed by atoms with Crippen LogP contribution in [-0.4, -0.2) is 10.9 Å². The number of carbonyl (C=O) groups excluding carboxylic acids is 1. The van der Waals surface area contributed by atoms with Gasteiger partial charge < -0.3 is 14.7 Å². The molecule has 0 aliphatic heterocycles. The summed E-state index contributed by atoms with van der Waals surface area (Å²) in [5, 5.41) is 3.73.